The monoisotopic (exact) mass is 222 g/mol. The van der Waals surface area contributed by atoms with E-state index < -0.39 is 0 Å². The zero-order valence-electron chi connectivity index (χ0n) is 8.97. The molecule has 0 radical (unpaired) electrons. The summed E-state index contributed by atoms with van der Waals surface area (Å²) in [5.41, 5.74) is 7.20. The number of nitrogens with zero attached hydrogens (tertiary/aromatic N) is 2. The Hall–Kier alpha value is -2.11. The lowest BCUT2D eigenvalue weighted by Gasteiger charge is -2.06. The summed E-state index contributed by atoms with van der Waals surface area (Å²) in [4.78, 5) is 15.2. The number of carbonyl (C=O) groups excluding carboxylic acids is 1. The Morgan fingerprint density at radius 2 is 2.44 bits per heavy atom. The molecule has 1 aromatic heterocycles. The molecule has 0 atom stereocenters. The van der Waals surface area contributed by atoms with Crippen LogP contribution in [0.2, 0.25) is 0 Å². The van der Waals surface area contributed by atoms with Gasteiger partial charge in [0.15, 0.2) is 0 Å². The first-order valence-corrected chi connectivity index (χ1v) is 4.76. The molecule has 4 N–H and O–H groups in total. The van der Waals surface area contributed by atoms with Crippen molar-refractivity contribution in [1.82, 2.24) is 10.3 Å². The van der Waals surface area contributed by atoms with E-state index in [9.17, 15) is 4.79 Å². The number of amides is 1. The van der Waals surface area contributed by atoms with E-state index in [-0.39, 0.29) is 18.2 Å². The van der Waals surface area contributed by atoms with E-state index in [4.69, 9.17) is 10.9 Å². The Kier molecular flexibility index (Phi) is 4.26. The third kappa shape index (κ3) is 3.56. The average Bonchev–Trinajstić information content (AvgIpc) is 2.28. The highest BCUT2D eigenvalue weighted by Crippen LogP contribution is 2.03. The molecule has 0 spiro atoms. The van der Waals surface area contributed by atoms with Gasteiger partial charge in [-0.25, -0.2) is 0 Å². The van der Waals surface area contributed by atoms with Crippen LogP contribution < -0.4 is 11.1 Å². The lowest BCUT2D eigenvalue weighted by Crippen LogP contribution is -2.28. The fourth-order valence-electron chi connectivity index (χ4n) is 1.16. The number of pyridine rings is 1. The Morgan fingerprint density at radius 3 is 3.06 bits per heavy atom. The minimum Gasteiger partial charge on any atom is -0.409 e. The smallest absolute Gasteiger partial charge is 0.227 e. The predicted molar refractivity (Wildman–Crippen MR) is 58.8 cm³/mol. The highest BCUT2D eigenvalue weighted by atomic mass is 16.4. The summed E-state index contributed by atoms with van der Waals surface area (Å²) in [7, 11) is 0. The van der Waals surface area contributed by atoms with Crippen LogP contribution in [-0.4, -0.2) is 21.9 Å². The van der Waals surface area contributed by atoms with Crippen molar-refractivity contribution in [3.63, 3.8) is 0 Å². The first-order valence-electron chi connectivity index (χ1n) is 4.76. The SMILES string of the molecule is Cc1cnccc1CNC(=O)C/C(N)=N/O. The number of aryl methyl sites for hydroxylation is 1. The average molecular weight is 222 g/mol. The predicted octanol–water partition coefficient (Wildman–Crippen LogP) is 0.143. The molecule has 16 heavy (non-hydrogen) atoms. The summed E-state index contributed by atoms with van der Waals surface area (Å²) in [6.07, 6.45) is 3.28. The van der Waals surface area contributed by atoms with E-state index >= 15 is 0 Å². The van der Waals surface area contributed by atoms with Crippen molar-refractivity contribution in [2.24, 2.45) is 10.9 Å². The summed E-state index contributed by atoms with van der Waals surface area (Å²) in [5.74, 6) is -0.393. The zero-order chi connectivity index (χ0) is 12.0. The van der Waals surface area contributed by atoms with Crippen LogP contribution in [0.25, 0.3) is 0 Å². The van der Waals surface area contributed by atoms with Gasteiger partial charge in [-0.3, -0.25) is 9.78 Å². The van der Waals surface area contributed by atoms with Gasteiger partial charge in [0.2, 0.25) is 5.91 Å². The van der Waals surface area contributed by atoms with Crippen molar-refractivity contribution >= 4 is 11.7 Å². The molecule has 6 nitrogen and oxygen atoms in total. The molecule has 86 valence electrons. The molecule has 0 saturated heterocycles. The first kappa shape index (κ1) is 12.0. The number of nitrogens with one attached hydrogen (secondary N) is 1. The standard InChI is InChI=1S/C10H14N4O2/c1-7-5-12-3-2-8(7)6-13-10(15)4-9(11)14-16/h2-3,5,16H,4,6H2,1H3,(H2,11,14)(H,13,15). The van der Waals surface area contributed by atoms with Crippen LogP contribution in [0.4, 0.5) is 0 Å². The van der Waals surface area contributed by atoms with E-state index in [0.717, 1.165) is 11.1 Å². The Bertz CT molecular complexity index is 404. The van der Waals surface area contributed by atoms with Crippen LogP contribution in [-0.2, 0) is 11.3 Å². The molecule has 1 rings (SSSR count). The first-order chi connectivity index (χ1) is 7.63. The van der Waals surface area contributed by atoms with Gasteiger partial charge in [0.25, 0.3) is 0 Å². The number of oxime groups is 1. The lowest BCUT2D eigenvalue weighted by molar-refractivity contribution is -0.120. The van der Waals surface area contributed by atoms with Crippen molar-refractivity contribution in [1.29, 1.82) is 0 Å². The molecule has 0 saturated carbocycles. The summed E-state index contributed by atoms with van der Waals surface area (Å²) in [5, 5.41) is 13.7. The maximum absolute atomic E-state index is 11.3. The maximum atomic E-state index is 11.3. The molecule has 0 unspecified atom stereocenters. The van der Waals surface area contributed by atoms with E-state index in [1.807, 2.05) is 13.0 Å². The summed E-state index contributed by atoms with van der Waals surface area (Å²) < 4.78 is 0. The van der Waals surface area contributed by atoms with E-state index in [1.54, 1.807) is 12.4 Å². The number of rotatable bonds is 4. The molecule has 0 aromatic carbocycles. The number of nitrogens with two attached hydrogens (primary N) is 1. The van der Waals surface area contributed by atoms with Crippen LogP contribution in [0, 0.1) is 6.92 Å². The number of hydrogen-bond acceptors (Lipinski definition) is 4. The normalized spacial score (nSPS) is 11.2. The topological polar surface area (TPSA) is 101 Å². The second kappa shape index (κ2) is 5.69. The van der Waals surface area contributed by atoms with Crippen LogP contribution >= 0.6 is 0 Å². The molecular formula is C10H14N4O2. The number of amidine groups is 1. The highest BCUT2D eigenvalue weighted by Gasteiger charge is 2.05. The molecule has 1 heterocycles. The summed E-state index contributed by atoms with van der Waals surface area (Å²) >= 11 is 0. The molecule has 0 fully saturated rings. The van der Waals surface area contributed by atoms with Gasteiger partial charge in [0.05, 0.1) is 6.42 Å². The minimum atomic E-state index is -0.286. The Balaban J connectivity index is 2.46. The van der Waals surface area contributed by atoms with Crippen molar-refractivity contribution < 1.29 is 10.0 Å². The van der Waals surface area contributed by atoms with E-state index in [2.05, 4.69) is 15.5 Å². The fraction of sp³-hybridized carbons (Fsp3) is 0.300. The quantitative estimate of drug-likeness (QED) is 0.292. The maximum Gasteiger partial charge on any atom is 0.227 e. The third-order valence-corrected chi connectivity index (χ3v) is 2.08. The van der Waals surface area contributed by atoms with Gasteiger partial charge >= 0.3 is 0 Å². The third-order valence-electron chi connectivity index (χ3n) is 2.08. The zero-order valence-corrected chi connectivity index (χ0v) is 8.97. The number of carbonyl (C=O) groups is 1. The van der Waals surface area contributed by atoms with Gasteiger partial charge in [-0.2, -0.15) is 0 Å². The van der Waals surface area contributed by atoms with Gasteiger partial charge in [0, 0.05) is 18.9 Å². The van der Waals surface area contributed by atoms with Gasteiger partial charge in [-0.05, 0) is 24.1 Å². The van der Waals surface area contributed by atoms with Crippen LogP contribution in [0.15, 0.2) is 23.6 Å². The van der Waals surface area contributed by atoms with Crippen LogP contribution in [0.5, 0.6) is 0 Å². The minimum absolute atomic E-state index is 0.107. The number of aromatic nitrogens is 1. The largest absolute Gasteiger partial charge is 0.409 e. The van der Waals surface area contributed by atoms with Crippen LogP contribution in [0.3, 0.4) is 0 Å². The molecule has 6 heteroatoms. The molecular weight excluding hydrogens is 208 g/mol. The molecule has 1 amide bonds. The molecule has 0 bridgehead atoms. The van der Waals surface area contributed by atoms with Gasteiger partial charge < -0.3 is 16.3 Å². The van der Waals surface area contributed by atoms with Gasteiger partial charge in [-0.15, -0.1) is 0 Å². The summed E-state index contributed by atoms with van der Waals surface area (Å²) in [6, 6.07) is 1.83. The van der Waals surface area contributed by atoms with E-state index in [0.29, 0.717) is 6.54 Å². The highest BCUT2D eigenvalue weighted by molar-refractivity contribution is 5.98. The Labute approximate surface area is 93.2 Å². The molecule has 0 aliphatic rings. The fourth-order valence-corrected chi connectivity index (χ4v) is 1.16. The van der Waals surface area contributed by atoms with Gasteiger partial charge in [0.1, 0.15) is 5.84 Å². The second-order valence-electron chi connectivity index (χ2n) is 3.35. The van der Waals surface area contributed by atoms with Crippen LogP contribution in [0.1, 0.15) is 17.5 Å². The molecule has 0 aliphatic carbocycles. The van der Waals surface area contributed by atoms with Crippen molar-refractivity contribution in [3.8, 4) is 0 Å². The van der Waals surface area contributed by atoms with Crippen molar-refractivity contribution in [2.75, 3.05) is 0 Å². The molecule has 0 aliphatic heterocycles. The van der Waals surface area contributed by atoms with Crippen molar-refractivity contribution in [2.45, 2.75) is 19.9 Å². The molecule has 1 aromatic rings. The Morgan fingerprint density at radius 1 is 1.69 bits per heavy atom. The van der Waals surface area contributed by atoms with E-state index in [1.165, 1.54) is 0 Å². The van der Waals surface area contributed by atoms with Gasteiger partial charge in [-0.1, -0.05) is 5.16 Å². The second-order valence-corrected chi connectivity index (χ2v) is 3.35. The number of hydrogen-bond donors (Lipinski definition) is 3. The van der Waals surface area contributed by atoms with Crippen molar-refractivity contribution in [3.05, 3.63) is 29.6 Å². The lowest BCUT2D eigenvalue weighted by atomic mass is 10.1. The summed E-state index contributed by atoms with van der Waals surface area (Å²) in [6.45, 7) is 2.32.